The first-order valence-electron chi connectivity index (χ1n) is 9.83. The van der Waals surface area contributed by atoms with Crippen LogP contribution in [0.5, 0.6) is 5.75 Å². The summed E-state index contributed by atoms with van der Waals surface area (Å²) in [6.45, 7) is 4.59. The second kappa shape index (κ2) is 9.69. The molecule has 28 heavy (non-hydrogen) atoms. The third-order valence-corrected chi connectivity index (χ3v) is 5.39. The number of hydrogen-bond acceptors (Lipinski definition) is 3. The van der Waals surface area contributed by atoms with Crippen LogP contribution in [0.4, 0.5) is 4.39 Å². The molecule has 2 aromatic rings. The van der Waals surface area contributed by atoms with Crippen LogP contribution < -0.4 is 4.74 Å². The summed E-state index contributed by atoms with van der Waals surface area (Å²) < 4.78 is 24.1. The van der Waals surface area contributed by atoms with Gasteiger partial charge in [-0.1, -0.05) is 12.1 Å². The monoisotopic (exact) mass is 385 g/mol. The highest BCUT2D eigenvalue weighted by atomic mass is 19.1. The minimum atomic E-state index is -0.231. The lowest BCUT2D eigenvalue weighted by atomic mass is 9.93. The number of halogens is 1. The van der Waals surface area contributed by atoms with Crippen molar-refractivity contribution in [2.24, 2.45) is 5.92 Å². The average Bonchev–Trinajstić information content (AvgIpc) is 2.71. The van der Waals surface area contributed by atoms with Gasteiger partial charge in [0.15, 0.2) is 0 Å². The Kier molecular flexibility index (Phi) is 7.04. The molecule has 150 valence electrons. The molecule has 0 aromatic heterocycles. The summed E-state index contributed by atoms with van der Waals surface area (Å²) in [6.07, 6.45) is 2.95. The third-order valence-electron chi connectivity index (χ3n) is 5.39. The van der Waals surface area contributed by atoms with Crippen molar-refractivity contribution in [3.05, 3.63) is 65.0 Å². The lowest BCUT2D eigenvalue weighted by Gasteiger charge is -2.32. The van der Waals surface area contributed by atoms with Gasteiger partial charge in [-0.15, -0.1) is 0 Å². The van der Waals surface area contributed by atoms with Gasteiger partial charge in [0.25, 0.3) is 5.91 Å². The molecule has 3 rings (SSSR count). The molecule has 1 amide bonds. The van der Waals surface area contributed by atoms with Gasteiger partial charge in [0, 0.05) is 25.3 Å². The molecule has 1 aliphatic rings. The summed E-state index contributed by atoms with van der Waals surface area (Å²) in [7, 11) is 1.63. The maximum atomic E-state index is 13.2. The van der Waals surface area contributed by atoms with Crippen molar-refractivity contribution in [3.8, 4) is 5.75 Å². The molecule has 0 bridgehead atoms. The fraction of sp³-hybridized carbons (Fsp3) is 0.435. The van der Waals surface area contributed by atoms with E-state index in [-0.39, 0.29) is 11.7 Å². The van der Waals surface area contributed by atoms with Crippen molar-refractivity contribution in [1.82, 2.24) is 4.90 Å². The van der Waals surface area contributed by atoms with Crippen LogP contribution in [-0.2, 0) is 11.3 Å². The zero-order valence-corrected chi connectivity index (χ0v) is 16.6. The first kappa shape index (κ1) is 20.3. The Morgan fingerprint density at radius 2 is 1.96 bits per heavy atom. The molecule has 0 radical (unpaired) electrons. The van der Waals surface area contributed by atoms with E-state index >= 15 is 0 Å². The van der Waals surface area contributed by atoms with E-state index in [4.69, 9.17) is 9.47 Å². The van der Waals surface area contributed by atoms with Crippen molar-refractivity contribution >= 4 is 5.91 Å². The van der Waals surface area contributed by atoms with Crippen LogP contribution in [0, 0.1) is 18.7 Å². The number of rotatable bonds is 7. The first-order valence-corrected chi connectivity index (χ1v) is 9.83. The zero-order valence-electron chi connectivity index (χ0n) is 16.6. The van der Waals surface area contributed by atoms with Crippen molar-refractivity contribution in [2.45, 2.75) is 32.8 Å². The van der Waals surface area contributed by atoms with Crippen LogP contribution in [0.15, 0.2) is 42.5 Å². The van der Waals surface area contributed by atoms with Gasteiger partial charge in [0.2, 0.25) is 0 Å². The number of nitrogens with zero attached hydrogens (tertiary/aromatic N) is 1. The van der Waals surface area contributed by atoms with E-state index in [1.807, 2.05) is 36.1 Å². The summed E-state index contributed by atoms with van der Waals surface area (Å²) >= 11 is 0. The number of likely N-dealkylation sites (tertiary alicyclic amines) is 1. The molecule has 1 fully saturated rings. The highest BCUT2D eigenvalue weighted by Gasteiger charge is 2.24. The predicted molar refractivity (Wildman–Crippen MR) is 107 cm³/mol. The van der Waals surface area contributed by atoms with Gasteiger partial charge in [-0.3, -0.25) is 4.79 Å². The van der Waals surface area contributed by atoms with Gasteiger partial charge < -0.3 is 14.4 Å². The van der Waals surface area contributed by atoms with E-state index in [1.54, 1.807) is 13.2 Å². The average molecular weight is 385 g/mol. The van der Waals surface area contributed by atoms with Crippen LogP contribution in [-0.4, -0.2) is 37.6 Å². The number of piperidine rings is 1. The molecular weight excluding hydrogens is 357 g/mol. The molecule has 0 spiro atoms. The Morgan fingerprint density at radius 3 is 2.64 bits per heavy atom. The lowest BCUT2D eigenvalue weighted by Crippen LogP contribution is -2.39. The fourth-order valence-electron chi connectivity index (χ4n) is 3.66. The molecule has 0 unspecified atom stereocenters. The fourth-order valence-corrected chi connectivity index (χ4v) is 3.66. The van der Waals surface area contributed by atoms with Crippen LogP contribution in [0.3, 0.4) is 0 Å². The first-order chi connectivity index (χ1) is 13.6. The van der Waals surface area contributed by atoms with Gasteiger partial charge in [-0.25, -0.2) is 4.39 Å². The maximum absolute atomic E-state index is 13.2. The molecule has 1 aliphatic heterocycles. The normalized spacial score (nSPS) is 14.9. The number of aryl methyl sites for hydroxylation is 1. The van der Waals surface area contributed by atoms with Gasteiger partial charge in [-0.2, -0.15) is 0 Å². The standard InChI is InChI=1S/C23H28FNO3/c1-17-14-21(27-2)6-7-22(17)23(26)25-11-8-18(9-12-25)10-13-28-16-19-4-3-5-20(24)15-19/h3-7,14-15,18H,8-13,16H2,1-2H3. The Hall–Kier alpha value is -2.40. The largest absolute Gasteiger partial charge is 0.497 e. The van der Waals surface area contributed by atoms with E-state index in [0.717, 1.165) is 54.8 Å². The highest BCUT2D eigenvalue weighted by molar-refractivity contribution is 5.95. The topological polar surface area (TPSA) is 38.8 Å². The molecule has 4 nitrogen and oxygen atoms in total. The van der Waals surface area contributed by atoms with E-state index in [0.29, 0.717) is 19.1 Å². The number of carbonyl (C=O) groups is 1. The van der Waals surface area contributed by atoms with Gasteiger partial charge in [0.1, 0.15) is 11.6 Å². The Morgan fingerprint density at radius 1 is 1.18 bits per heavy atom. The number of hydrogen-bond donors (Lipinski definition) is 0. The van der Waals surface area contributed by atoms with Gasteiger partial charge in [-0.05, 0) is 73.6 Å². The zero-order chi connectivity index (χ0) is 19.9. The quantitative estimate of drug-likeness (QED) is 0.654. The third kappa shape index (κ3) is 5.32. The maximum Gasteiger partial charge on any atom is 0.254 e. The van der Waals surface area contributed by atoms with Crippen LogP contribution in [0.2, 0.25) is 0 Å². The lowest BCUT2D eigenvalue weighted by molar-refractivity contribution is 0.0638. The minimum absolute atomic E-state index is 0.0981. The number of amides is 1. The van der Waals surface area contributed by atoms with Gasteiger partial charge >= 0.3 is 0 Å². The Balaban J connectivity index is 1.41. The molecule has 1 saturated heterocycles. The number of carbonyl (C=O) groups excluding carboxylic acids is 1. The van der Waals surface area contributed by atoms with E-state index in [2.05, 4.69) is 0 Å². The van der Waals surface area contributed by atoms with Crippen LogP contribution >= 0.6 is 0 Å². The number of ether oxygens (including phenoxy) is 2. The molecule has 1 heterocycles. The second-order valence-electron chi connectivity index (χ2n) is 7.39. The molecule has 5 heteroatoms. The van der Waals surface area contributed by atoms with Crippen molar-refractivity contribution in [1.29, 1.82) is 0 Å². The van der Waals surface area contributed by atoms with Crippen LogP contribution in [0.1, 0.15) is 40.7 Å². The Bertz CT molecular complexity index is 800. The molecule has 0 atom stereocenters. The summed E-state index contributed by atoms with van der Waals surface area (Å²) in [5.74, 6) is 1.20. The van der Waals surface area contributed by atoms with E-state index < -0.39 is 0 Å². The van der Waals surface area contributed by atoms with Gasteiger partial charge in [0.05, 0.1) is 13.7 Å². The Labute approximate surface area is 166 Å². The summed E-state index contributed by atoms with van der Waals surface area (Å²) in [4.78, 5) is 14.7. The van der Waals surface area contributed by atoms with Crippen molar-refractivity contribution in [2.75, 3.05) is 26.8 Å². The summed E-state index contributed by atoms with van der Waals surface area (Å²) in [5.41, 5.74) is 2.55. The summed E-state index contributed by atoms with van der Waals surface area (Å²) in [5, 5.41) is 0. The van der Waals surface area contributed by atoms with E-state index in [1.165, 1.54) is 12.1 Å². The molecule has 0 saturated carbocycles. The molecule has 0 N–H and O–H groups in total. The van der Waals surface area contributed by atoms with Crippen LogP contribution in [0.25, 0.3) is 0 Å². The number of methoxy groups -OCH3 is 1. The number of benzene rings is 2. The van der Waals surface area contributed by atoms with Crippen molar-refractivity contribution < 1.29 is 18.7 Å². The molecular formula is C23H28FNO3. The minimum Gasteiger partial charge on any atom is -0.497 e. The molecule has 0 aliphatic carbocycles. The smallest absolute Gasteiger partial charge is 0.254 e. The predicted octanol–water partition coefficient (Wildman–Crippen LogP) is 4.60. The van der Waals surface area contributed by atoms with E-state index in [9.17, 15) is 9.18 Å². The second-order valence-corrected chi connectivity index (χ2v) is 7.39. The molecule has 2 aromatic carbocycles. The van der Waals surface area contributed by atoms with Crippen molar-refractivity contribution in [3.63, 3.8) is 0 Å². The highest BCUT2D eigenvalue weighted by Crippen LogP contribution is 2.24. The SMILES string of the molecule is COc1ccc(C(=O)N2CCC(CCOCc3cccc(F)c3)CC2)c(C)c1. The summed E-state index contributed by atoms with van der Waals surface area (Å²) in [6, 6.07) is 12.1.